The Kier molecular flexibility index (Phi) is 8.90. The third-order valence-electron chi connectivity index (χ3n) is 4.61. The molecule has 0 aromatic rings. The second-order valence-electron chi connectivity index (χ2n) is 6.05. The highest BCUT2D eigenvalue weighted by Crippen LogP contribution is 2.53. The van der Waals surface area contributed by atoms with Gasteiger partial charge in [0.25, 0.3) is 0 Å². The van der Waals surface area contributed by atoms with Gasteiger partial charge in [-0.2, -0.15) is 0 Å². The molecule has 0 aliphatic heterocycles. The molecular formula is C16H33O2P. The summed E-state index contributed by atoms with van der Waals surface area (Å²) in [6.45, 7) is 11.1. The Morgan fingerprint density at radius 1 is 0.895 bits per heavy atom. The minimum atomic E-state index is -0.315. The fourth-order valence-electron chi connectivity index (χ4n) is 3.85. The van der Waals surface area contributed by atoms with E-state index in [1.807, 2.05) is 0 Å². The molecule has 0 aliphatic carbocycles. The molecule has 0 radical (unpaired) electrons. The van der Waals surface area contributed by atoms with Crippen LogP contribution in [-0.4, -0.2) is 5.97 Å². The Balaban J connectivity index is 5.63. The first-order valence-electron chi connectivity index (χ1n) is 7.89. The van der Waals surface area contributed by atoms with Gasteiger partial charge in [-0.3, -0.25) is 4.79 Å². The van der Waals surface area contributed by atoms with Crippen molar-refractivity contribution in [3.63, 3.8) is 0 Å². The van der Waals surface area contributed by atoms with Gasteiger partial charge in [-0.05, 0) is 31.1 Å². The van der Waals surface area contributed by atoms with Crippen molar-refractivity contribution in [2.24, 2.45) is 10.8 Å². The lowest BCUT2D eigenvalue weighted by atomic mass is 9.56. The van der Waals surface area contributed by atoms with E-state index < -0.39 is 0 Å². The van der Waals surface area contributed by atoms with Crippen LogP contribution in [0.1, 0.15) is 86.0 Å². The summed E-state index contributed by atoms with van der Waals surface area (Å²) in [6.07, 6.45) is 8.37. The van der Waals surface area contributed by atoms with E-state index in [0.29, 0.717) is 0 Å². The van der Waals surface area contributed by atoms with E-state index in [2.05, 4.69) is 44.1 Å². The molecule has 0 rings (SSSR count). The van der Waals surface area contributed by atoms with E-state index in [-0.39, 0.29) is 16.8 Å². The van der Waals surface area contributed by atoms with Gasteiger partial charge in [-0.1, -0.05) is 60.3 Å². The Labute approximate surface area is 122 Å². The van der Waals surface area contributed by atoms with Crippen molar-refractivity contribution in [3.8, 4) is 0 Å². The number of carbonyl (C=O) groups is 1. The molecule has 1 atom stereocenters. The van der Waals surface area contributed by atoms with Gasteiger partial charge in [0.05, 0.1) is 14.9 Å². The topological polar surface area (TPSA) is 26.3 Å². The maximum atomic E-state index is 12.6. The van der Waals surface area contributed by atoms with Gasteiger partial charge < -0.3 is 4.52 Å². The predicted molar refractivity (Wildman–Crippen MR) is 86.0 cm³/mol. The van der Waals surface area contributed by atoms with Gasteiger partial charge in [0.1, 0.15) is 0 Å². The molecule has 3 heteroatoms. The molecule has 0 aromatic carbocycles. The first-order chi connectivity index (χ1) is 8.97. The fourth-order valence-corrected chi connectivity index (χ4v) is 4.08. The monoisotopic (exact) mass is 288 g/mol. The van der Waals surface area contributed by atoms with E-state index in [9.17, 15) is 4.79 Å². The minimum Gasteiger partial charge on any atom is -0.451 e. The number of carbonyl (C=O) groups excluding carboxylic acids is 1. The van der Waals surface area contributed by atoms with Crippen LogP contribution in [0.2, 0.25) is 0 Å². The lowest BCUT2D eigenvalue weighted by Gasteiger charge is -2.47. The molecule has 0 amide bonds. The van der Waals surface area contributed by atoms with E-state index >= 15 is 0 Å². The number of rotatable bonds is 10. The SMILES string of the molecule is CCCC(C)(CCC)C(CCC)(CCC)C(=O)OP. The second-order valence-corrected chi connectivity index (χ2v) is 6.28. The first kappa shape index (κ1) is 18.9. The summed E-state index contributed by atoms with van der Waals surface area (Å²) in [4.78, 5) is 12.6. The zero-order valence-corrected chi connectivity index (χ0v) is 14.7. The number of hydrogen-bond acceptors (Lipinski definition) is 2. The second kappa shape index (κ2) is 8.95. The fraction of sp³-hybridized carbons (Fsp3) is 0.938. The average molecular weight is 288 g/mol. The smallest absolute Gasteiger partial charge is 0.314 e. The summed E-state index contributed by atoms with van der Waals surface area (Å²) in [5.41, 5.74) is -0.263. The molecule has 0 spiro atoms. The van der Waals surface area contributed by atoms with Gasteiger partial charge in [0.15, 0.2) is 0 Å². The Morgan fingerprint density at radius 3 is 1.53 bits per heavy atom. The molecule has 0 aromatic heterocycles. The summed E-state index contributed by atoms with van der Waals surface area (Å²) >= 11 is 0. The van der Waals surface area contributed by atoms with Crippen LogP contribution in [0.4, 0.5) is 0 Å². The first-order valence-corrected chi connectivity index (χ1v) is 8.36. The summed E-state index contributed by atoms with van der Waals surface area (Å²) in [5, 5.41) is 0. The van der Waals surface area contributed by atoms with E-state index in [1.165, 1.54) is 0 Å². The minimum absolute atomic E-state index is 0.0226. The van der Waals surface area contributed by atoms with Crippen molar-refractivity contribution in [2.75, 3.05) is 0 Å². The Bertz CT molecular complexity index is 251. The molecule has 0 bridgehead atoms. The average Bonchev–Trinajstić information content (AvgIpc) is 2.37. The highest BCUT2D eigenvalue weighted by atomic mass is 31.0. The van der Waals surface area contributed by atoms with E-state index in [0.717, 1.165) is 51.4 Å². The molecule has 114 valence electrons. The highest BCUT2D eigenvalue weighted by molar-refractivity contribution is 7.10. The van der Waals surface area contributed by atoms with Crippen molar-refractivity contribution in [1.82, 2.24) is 0 Å². The molecule has 1 unspecified atom stereocenters. The molecule has 0 aliphatic rings. The molecule has 0 fully saturated rings. The van der Waals surface area contributed by atoms with Gasteiger partial charge in [0.2, 0.25) is 0 Å². The molecule has 0 saturated heterocycles. The van der Waals surface area contributed by atoms with Crippen molar-refractivity contribution >= 4 is 15.4 Å². The maximum absolute atomic E-state index is 12.6. The maximum Gasteiger partial charge on any atom is 0.314 e. The number of hydrogen-bond donors (Lipinski definition) is 0. The largest absolute Gasteiger partial charge is 0.451 e. The van der Waals surface area contributed by atoms with Gasteiger partial charge in [-0.15, -0.1) is 0 Å². The molecule has 0 heterocycles. The van der Waals surface area contributed by atoms with Gasteiger partial charge >= 0.3 is 5.97 Å². The summed E-state index contributed by atoms with van der Waals surface area (Å²) < 4.78 is 5.14. The normalized spacial score (nSPS) is 12.5. The summed E-state index contributed by atoms with van der Waals surface area (Å²) in [7, 11) is 2.16. The molecule has 0 N–H and O–H groups in total. The van der Waals surface area contributed by atoms with Crippen LogP contribution in [0, 0.1) is 10.8 Å². The lowest BCUT2D eigenvalue weighted by molar-refractivity contribution is -0.157. The zero-order valence-electron chi connectivity index (χ0n) is 13.6. The third kappa shape index (κ3) is 4.18. The van der Waals surface area contributed by atoms with Crippen LogP contribution in [0.3, 0.4) is 0 Å². The highest BCUT2D eigenvalue weighted by Gasteiger charge is 2.51. The van der Waals surface area contributed by atoms with Crippen molar-refractivity contribution in [1.29, 1.82) is 0 Å². The van der Waals surface area contributed by atoms with Gasteiger partial charge in [0, 0.05) is 0 Å². The summed E-state index contributed by atoms with van der Waals surface area (Å²) in [6, 6.07) is 0. The van der Waals surface area contributed by atoms with Crippen LogP contribution in [0.5, 0.6) is 0 Å². The van der Waals surface area contributed by atoms with Crippen LogP contribution in [-0.2, 0) is 9.32 Å². The van der Waals surface area contributed by atoms with Crippen molar-refractivity contribution in [2.45, 2.75) is 86.0 Å². The predicted octanol–water partition coefficient (Wildman–Crippen LogP) is 5.51. The van der Waals surface area contributed by atoms with Crippen molar-refractivity contribution < 1.29 is 9.32 Å². The van der Waals surface area contributed by atoms with Crippen LogP contribution < -0.4 is 0 Å². The van der Waals surface area contributed by atoms with E-state index in [1.54, 1.807) is 0 Å². The Hall–Kier alpha value is -0.100. The summed E-state index contributed by atoms with van der Waals surface area (Å²) in [5.74, 6) is -0.0226. The zero-order chi connectivity index (χ0) is 14.9. The van der Waals surface area contributed by atoms with Crippen LogP contribution in [0.15, 0.2) is 0 Å². The Morgan fingerprint density at radius 2 is 1.26 bits per heavy atom. The van der Waals surface area contributed by atoms with Crippen LogP contribution >= 0.6 is 9.47 Å². The standard InChI is InChI=1S/C16H33O2P/c1-6-10-15(5,11-7-2)16(12-8-3,13-9-4)14(17)18-19/h6-13,19H2,1-5H3. The molecule has 2 nitrogen and oxygen atoms in total. The quantitative estimate of drug-likeness (QED) is 0.495. The molecular weight excluding hydrogens is 255 g/mol. The van der Waals surface area contributed by atoms with E-state index in [4.69, 9.17) is 4.52 Å². The molecule has 19 heavy (non-hydrogen) atoms. The third-order valence-corrected chi connectivity index (χ3v) is 4.82. The van der Waals surface area contributed by atoms with Gasteiger partial charge in [-0.25, -0.2) is 0 Å². The molecule has 0 saturated carbocycles. The van der Waals surface area contributed by atoms with Crippen molar-refractivity contribution in [3.05, 3.63) is 0 Å². The van der Waals surface area contributed by atoms with Crippen LogP contribution in [0.25, 0.3) is 0 Å². The lowest BCUT2D eigenvalue weighted by Crippen LogP contribution is -2.46.